The van der Waals surface area contributed by atoms with Crippen LogP contribution in [0.15, 0.2) is 37.1 Å². The number of aromatic nitrogens is 6. The Bertz CT molecular complexity index is 1120. The summed E-state index contributed by atoms with van der Waals surface area (Å²) in [6.07, 6.45) is 14.3. The Kier molecular flexibility index (Phi) is 4.20. The van der Waals surface area contributed by atoms with Crippen molar-refractivity contribution in [2.45, 2.75) is 44.8 Å². The molecule has 1 N–H and O–H groups in total. The van der Waals surface area contributed by atoms with Gasteiger partial charge in [0.05, 0.1) is 24.0 Å². The second kappa shape index (κ2) is 6.87. The van der Waals surface area contributed by atoms with Crippen LogP contribution < -0.4 is 5.32 Å². The number of anilines is 1. The highest BCUT2D eigenvalue weighted by molar-refractivity contribution is 5.79. The van der Waals surface area contributed by atoms with Gasteiger partial charge >= 0.3 is 0 Å². The van der Waals surface area contributed by atoms with Gasteiger partial charge in [0.25, 0.3) is 0 Å². The summed E-state index contributed by atoms with van der Waals surface area (Å²) < 4.78 is 9.31. The van der Waals surface area contributed by atoms with Crippen LogP contribution in [-0.4, -0.2) is 48.2 Å². The van der Waals surface area contributed by atoms with Gasteiger partial charge in [-0.2, -0.15) is 0 Å². The van der Waals surface area contributed by atoms with Crippen LogP contribution >= 0.6 is 0 Å². The fraction of sp³-hybridized carbons (Fsp3) is 0.400. The Balaban J connectivity index is 1.41. The van der Waals surface area contributed by atoms with Gasteiger partial charge in [0.1, 0.15) is 0 Å². The molecule has 28 heavy (non-hydrogen) atoms. The van der Waals surface area contributed by atoms with Gasteiger partial charge in [0, 0.05) is 48.6 Å². The zero-order valence-electron chi connectivity index (χ0n) is 16.0. The molecular formula is C20H23N7O. The molecule has 0 unspecified atom stereocenters. The number of nitrogens with one attached hydrogen (secondary N) is 1. The number of aryl methyl sites for hydroxylation is 1. The number of ether oxygens (including phenoxy) is 1. The lowest BCUT2D eigenvalue weighted by Gasteiger charge is -2.28. The molecule has 0 atom stereocenters. The van der Waals surface area contributed by atoms with Gasteiger partial charge < -0.3 is 10.1 Å². The first-order valence-electron chi connectivity index (χ1n) is 9.65. The first-order valence-corrected chi connectivity index (χ1v) is 9.65. The van der Waals surface area contributed by atoms with Gasteiger partial charge in [-0.1, -0.05) is 0 Å². The van der Waals surface area contributed by atoms with Crippen LogP contribution in [0, 0.1) is 6.92 Å². The quantitative estimate of drug-likeness (QED) is 0.588. The molecule has 4 aromatic heterocycles. The Morgan fingerprint density at radius 2 is 1.89 bits per heavy atom. The molecule has 144 valence electrons. The van der Waals surface area contributed by atoms with E-state index in [1.807, 2.05) is 46.7 Å². The lowest BCUT2D eigenvalue weighted by molar-refractivity contribution is 0.0681. The second-order valence-electron chi connectivity index (χ2n) is 7.41. The molecular weight excluding hydrogens is 354 g/mol. The summed E-state index contributed by atoms with van der Waals surface area (Å²) in [6, 6.07) is 2.45. The summed E-state index contributed by atoms with van der Waals surface area (Å²) in [5.41, 5.74) is 4.07. The van der Waals surface area contributed by atoms with Crippen LogP contribution in [0.1, 0.15) is 31.4 Å². The summed E-state index contributed by atoms with van der Waals surface area (Å²) in [6.45, 7) is 2.02. The number of nitrogens with zero attached hydrogens (tertiary/aromatic N) is 6. The van der Waals surface area contributed by atoms with Crippen molar-refractivity contribution in [2.75, 3.05) is 12.4 Å². The van der Waals surface area contributed by atoms with Gasteiger partial charge in [-0.25, -0.2) is 19.5 Å². The molecule has 0 saturated heterocycles. The van der Waals surface area contributed by atoms with Gasteiger partial charge in [0.2, 0.25) is 11.7 Å². The third-order valence-corrected chi connectivity index (χ3v) is 5.62. The lowest BCUT2D eigenvalue weighted by Crippen LogP contribution is -2.30. The summed E-state index contributed by atoms with van der Waals surface area (Å²) in [5, 5.41) is 8.12. The van der Waals surface area contributed by atoms with Crippen molar-refractivity contribution >= 4 is 17.2 Å². The first-order chi connectivity index (χ1) is 13.7. The average molecular weight is 377 g/mol. The summed E-state index contributed by atoms with van der Waals surface area (Å²) in [4.78, 5) is 13.3. The maximum Gasteiger partial charge on any atom is 0.241 e. The summed E-state index contributed by atoms with van der Waals surface area (Å²) in [5.74, 6) is 1.37. The Morgan fingerprint density at radius 3 is 2.71 bits per heavy atom. The molecule has 4 aromatic rings. The van der Waals surface area contributed by atoms with Crippen LogP contribution in [0.5, 0.6) is 0 Å². The monoisotopic (exact) mass is 377 g/mol. The molecule has 8 nitrogen and oxygen atoms in total. The number of hydrogen-bond donors (Lipinski definition) is 1. The van der Waals surface area contributed by atoms with Gasteiger partial charge in [0.15, 0.2) is 0 Å². The predicted molar refractivity (Wildman–Crippen MR) is 106 cm³/mol. The molecule has 0 radical (unpaired) electrons. The van der Waals surface area contributed by atoms with Crippen molar-refractivity contribution in [1.82, 2.24) is 29.0 Å². The third kappa shape index (κ3) is 2.99. The highest BCUT2D eigenvalue weighted by Crippen LogP contribution is 2.26. The van der Waals surface area contributed by atoms with E-state index in [4.69, 9.17) is 4.74 Å². The lowest BCUT2D eigenvalue weighted by atomic mass is 9.93. The number of methoxy groups -OCH3 is 1. The fourth-order valence-corrected chi connectivity index (χ4v) is 3.96. The standard InChI is InChI=1S/C20H23N7O/c1-13-9-22-20-23-10-14(12-26(13)20)17-7-8-27-18(17)11-21-19(25-27)24-15-3-5-16(28-2)6-4-15/h7-12,15-16H,3-6H2,1-2H3,(H,24,25)/t15-,16+. The Labute approximate surface area is 162 Å². The molecule has 1 fully saturated rings. The molecule has 1 aliphatic carbocycles. The zero-order chi connectivity index (χ0) is 19.1. The first kappa shape index (κ1) is 17.1. The molecule has 0 spiro atoms. The van der Waals surface area contributed by atoms with Gasteiger partial charge in [-0.05, 0) is 38.7 Å². The molecule has 5 rings (SSSR count). The van der Waals surface area contributed by atoms with Crippen LogP contribution in [0.25, 0.3) is 22.4 Å². The van der Waals surface area contributed by atoms with Crippen molar-refractivity contribution in [3.8, 4) is 11.1 Å². The highest BCUT2D eigenvalue weighted by atomic mass is 16.5. The minimum Gasteiger partial charge on any atom is -0.381 e. The highest BCUT2D eigenvalue weighted by Gasteiger charge is 2.21. The smallest absolute Gasteiger partial charge is 0.241 e. The maximum absolute atomic E-state index is 5.45. The average Bonchev–Trinajstić information content (AvgIpc) is 3.32. The van der Waals surface area contributed by atoms with E-state index in [0.717, 1.165) is 48.0 Å². The summed E-state index contributed by atoms with van der Waals surface area (Å²) >= 11 is 0. The third-order valence-electron chi connectivity index (χ3n) is 5.62. The van der Waals surface area contributed by atoms with E-state index in [-0.39, 0.29) is 0 Å². The zero-order valence-corrected chi connectivity index (χ0v) is 16.0. The molecule has 0 bridgehead atoms. The van der Waals surface area contributed by atoms with Crippen molar-refractivity contribution in [2.24, 2.45) is 0 Å². The van der Waals surface area contributed by atoms with Crippen molar-refractivity contribution < 1.29 is 4.74 Å². The topological polar surface area (TPSA) is 81.6 Å². The van der Waals surface area contributed by atoms with Crippen LogP contribution in [0.3, 0.4) is 0 Å². The Hall–Kier alpha value is -3.00. The molecule has 0 aliphatic heterocycles. The van der Waals surface area contributed by atoms with Crippen LogP contribution in [0.2, 0.25) is 0 Å². The number of imidazole rings is 1. The van der Waals surface area contributed by atoms with Crippen LogP contribution in [-0.2, 0) is 4.74 Å². The fourth-order valence-electron chi connectivity index (χ4n) is 3.96. The molecule has 4 heterocycles. The molecule has 8 heteroatoms. The van der Waals surface area contributed by atoms with E-state index in [1.54, 1.807) is 7.11 Å². The predicted octanol–water partition coefficient (Wildman–Crippen LogP) is 3.12. The molecule has 1 aliphatic rings. The van der Waals surface area contributed by atoms with Gasteiger partial charge in [-0.3, -0.25) is 4.40 Å². The molecule has 0 aromatic carbocycles. The second-order valence-corrected chi connectivity index (χ2v) is 7.41. The van der Waals surface area contributed by atoms with E-state index in [0.29, 0.717) is 23.9 Å². The number of fused-ring (bicyclic) bond motifs is 2. The normalized spacial score (nSPS) is 20.1. The minimum atomic E-state index is 0.388. The van der Waals surface area contributed by atoms with E-state index in [2.05, 4.69) is 31.6 Å². The maximum atomic E-state index is 5.45. The molecule has 0 amide bonds. The summed E-state index contributed by atoms with van der Waals surface area (Å²) in [7, 11) is 1.79. The van der Waals surface area contributed by atoms with E-state index >= 15 is 0 Å². The minimum absolute atomic E-state index is 0.388. The van der Waals surface area contributed by atoms with E-state index in [1.165, 1.54) is 0 Å². The SMILES string of the molecule is CO[C@H]1CC[C@@H](Nc2ncc3c(-c4cnc5ncc(C)n5c4)ccn3n2)CC1. The Morgan fingerprint density at radius 1 is 1.07 bits per heavy atom. The van der Waals surface area contributed by atoms with Gasteiger partial charge in [-0.15, -0.1) is 5.10 Å². The number of rotatable bonds is 4. The van der Waals surface area contributed by atoms with Crippen molar-refractivity contribution in [3.05, 3.63) is 42.7 Å². The van der Waals surface area contributed by atoms with E-state index in [9.17, 15) is 0 Å². The molecule has 1 saturated carbocycles. The van der Waals surface area contributed by atoms with E-state index < -0.39 is 0 Å². The van der Waals surface area contributed by atoms with Crippen molar-refractivity contribution in [1.29, 1.82) is 0 Å². The van der Waals surface area contributed by atoms with Crippen molar-refractivity contribution in [3.63, 3.8) is 0 Å². The largest absolute Gasteiger partial charge is 0.381 e. The van der Waals surface area contributed by atoms with Crippen LogP contribution in [0.4, 0.5) is 5.95 Å². The number of hydrogen-bond acceptors (Lipinski definition) is 6.